The fourth-order valence-electron chi connectivity index (χ4n) is 2.93. The van der Waals surface area contributed by atoms with Crippen LogP contribution in [0.5, 0.6) is 5.75 Å². The van der Waals surface area contributed by atoms with E-state index in [9.17, 15) is 22.8 Å². The Morgan fingerprint density at radius 1 is 1.22 bits per heavy atom. The number of carbonyl (C=O) groups is 2. The molecule has 1 aliphatic heterocycles. The van der Waals surface area contributed by atoms with E-state index in [1.165, 1.54) is 29.2 Å². The zero-order valence-electron chi connectivity index (χ0n) is 12.1. The third-order valence-corrected chi connectivity index (χ3v) is 4.41. The van der Waals surface area contributed by atoms with E-state index in [0.717, 1.165) is 0 Å². The molecule has 1 aromatic rings. The Hall–Kier alpha value is -2.25. The van der Waals surface area contributed by atoms with Gasteiger partial charge in [-0.05, 0) is 37.0 Å². The smallest absolute Gasteiger partial charge is 0.406 e. The van der Waals surface area contributed by atoms with Crippen molar-refractivity contribution in [3.63, 3.8) is 0 Å². The molecule has 1 unspecified atom stereocenters. The maximum atomic E-state index is 12.6. The quantitative estimate of drug-likeness (QED) is 0.914. The number of benzene rings is 1. The lowest BCUT2D eigenvalue weighted by Crippen LogP contribution is -2.59. The van der Waals surface area contributed by atoms with Crippen LogP contribution in [0.4, 0.5) is 13.2 Å². The molecule has 5 nitrogen and oxygen atoms in total. The lowest BCUT2D eigenvalue weighted by molar-refractivity contribution is -0.274. The van der Waals surface area contributed by atoms with Gasteiger partial charge >= 0.3 is 6.36 Å². The van der Waals surface area contributed by atoms with Gasteiger partial charge in [0.25, 0.3) is 0 Å². The Morgan fingerprint density at radius 3 is 2.22 bits per heavy atom. The van der Waals surface area contributed by atoms with Crippen LogP contribution in [-0.2, 0) is 15.0 Å². The molecule has 8 heteroatoms. The second-order valence-electron chi connectivity index (χ2n) is 5.86. The summed E-state index contributed by atoms with van der Waals surface area (Å²) >= 11 is 0. The summed E-state index contributed by atoms with van der Waals surface area (Å²) in [5, 5.41) is 0. The molecule has 2 aliphatic rings. The molecule has 0 spiro atoms. The van der Waals surface area contributed by atoms with Gasteiger partial charge in [-0.15, -0.1) is 13.2 Å². The third-order valence-electron chi connectivity index (χ3n) is 4.41. The van der Waals surface area contributed by atoms with Crippen LogP contribution in [0.2, 0.25) is 0 Å². The highest BCUT2D eigenvalue weighted by molar-refractivity contribution is 5.96. The number of nitrogens with two attached hydrogens (primary N) is 1. The molecule has 1 saturated heterocycles. The van der Waals surface area contributed by atoms with Gasteiger partial charge in [0.15, 0.2) is 0 Å². The second-order valence-corrected chi connectivity index (χ2v) is 5.86. The number of hydrogen-bond donors (Lipinski definition) is 1. The first-order valence-electron chi connectivity index (χ1n) is 7.20. The lowest BCUT2D eigenvalue weighted by atomic mass is 9.90. The van der Waals surface area contributed by atoms with Crippen LogP contribution in [0.3, 0.4) is 0 Å². The SMILES string of the molecule is NC(=O)C1CCN1C(=O)C1(c2ccc(OC(F)(F)F)cc2)CC1. The van der Waals surface area contributed by atoms with Crippen molar-refractivity contribution in [1.82, 2.24) is 4.90 Å². The van der Waals surface area contributed by atoms with Gasteiger partial charge in [-0.1, -0.05) is 12.1 Å². The van der Waals surface area contributed by atoms with Crippen molar-refractivity contribution in [1.29, 1.82) is 0 Å². The minimum absolute atomic E-state index is 0.183. The van der Waals surface area contributed by atoms with Crippen LogP contribution in [0.15, 0.2) is 24.3 Å². The Labute approximate surface area is 130 Å². The molecule has 1 aliphatic carbocycles. The summed E-state index contributed by atoms with van der Waals surface area (Å²) in [5.74, 6) is -1.05. The van der Waals surface area contributed by atoms with Gasteiger partial charge in [-0.25, -0.2) is 0 Å². The predicted octanol–water partition coefficient (Wildman–Crippen LogP) is 1.70. The molecule has 2 fully saturated rings. The highest BCUT2D eigenvalue weighted by Gasteiger charge is 2.55. The van der Waals surface area contributed by atoms with Crippen LogP contribution in [0.25, 0.3) is 0 Å². The number of primary amides is 1. The topological polar surface area (TPSA) is 72.6 Å². The van der Waals surface area contributed by atoms with Crippen molar-refractivity contribution in [3.05, 3.63) is 29.8 Å². The van der Waals surface area contributed by atoms with E-state index in [4.69, 9.17) is 5.73 Å². The summed E-state index contributed by atoms with van der Waals surface area (Å²) in [4.78, 5) is 25.4. The van der Waals surface area contributed by atoms with Crippen LogP contribution < -0.4 is 10.5 Å². The standard InChI is InChI=1S/C15H15F3N2O3/c16-15(17,18)23-10-3-1-9(2-4-10)14(6-7-14)13(22)20-8-5-11(20)12(19)21/h1-4,11H,5-8H2,(H2,19,21). The Kier molecular flexibility index (Phi) is 3.50. The summed E-state index contributed by atoms with van der Waals surface area (Å²) in [7, 11) is 0. The Morgan fingerprint density at radius 2 is 1.83 bits per heavy atom. The van der Waals surface area contributed by atoms with Crippen molar-refractivity contribution < 1.29 is 27.5 Å². The molecule has 3 rings (SSSR count). The minimum Gasteiger partial charge on any atom is -0.406 e. The summed E-state index contributed by atoms with van der Waals surface area (Å²) in [6.45, 7) is 0.476. The Bertz CT molecular complexity index is 638. The number of likely N-dealkylation sites (tertiary alicyclic amines) is 1. The van der Waals surface area contributed by atoms with Crippen LogP contribution in [0.1, 0.15) is 24.8 Å². The van der Waals surface area contributed by atoms with Crippen LogP contribution in [-0.4, -0.2) is 35.7 Å². The maximum Gasteiger partial charge on any atom is 0.573 e. The van der Waals surface area contributed by atoms with E-state index >= 15 is 0 Å². The molecular formula is C15H15F3N2O3. The first kappa shape index (κ1) is 15.6. The van der Waals surface area contributed by atoms with Crippen LogP contribution in [0, 0.1) is 0 Å². The molecule has 1 saturated carbocycles. The second kappa shape index (κ2) is 5.14. The van der Waals surface area contributed by atoms with Gasteiger partial charge in [-0.3, -0.25) is 9.59 Å². The first-order valence-corrected chi connectivity index (χ1v) is 7.20. The van der Waals surface area contributed by atoms with E-state index < -0.39 is 23.7 Å². The van der Waals surface area contributed by atoms with Gasteiger partial charge in [0.2, 0.25) is 11.8 Å². The fraction of sp³-hybridized carbons (Fsp3) is 0.467. The minimum atomic E-state index is -4.75. The number of hydrogen-bond acceptors (Lipinski definition) is 3. The largest absolute Gasteiger partial charge is 0.573 e. The number of alkyl halides is 3. The molecule has 1 aromatic carbocycles. The summed E-state index contributed by atoms with van der Waals surface area (Å²) in [5.41, 5.74) is 5.14. The van der Waals surface area contributed by atoms with E-state index in [1.807, 2.05) is 0 Å². The summed E-state index contributed by atoms with van der Waals surface area (Å²) in [6, 6.07) is 4.74. The number of nitrogens with zero attached hydrogens (tertiary/aromatic N) is 1. The first-order chi connectivity index (χ1) is 10.7. The third kappa shape index (κ3) is 2.85. The monoisotopic (exact) mass is 328 g/mol. The Balaban J connectivity index is 1.76. The van der Waals surface area contributed by atoms with Gasteiger partial charge < -0.3 is 15.4 Å². The van der Waals surface area contributed by atoms with Gasteiger partial charge in [0.1, 0.15) is 11.8 Å². The normalized spacial score (nSPS) is 22.2. The van der Waals surface area contributed by atoms with E-state index in [0.29, 0.717) is 31.4 Å². The molecular weight excluding hydrogens is 313 g/mol. The van der Waals surface area contributed by atoms with Crippen molar-refractivity contribution in [2.24, 2.45) is 5.73 Å². The predicted molar refractivity (Wildman–Crippen MR) is 73.3 cm³/mol. The van der Waals surface area contributed by atoms with E-state index in [1.54, 1.807) is 0 Å². The number of amides is 2. The molecule has 0 radical (unpaired) electrons. The van der Waals surface area contributed by atoms with Crippen molar-refractivity contribution in [2.45, 2.75) is 37.1 Å². The molecule has 1 atom stereocenters. The number of halogens is 3. The molecule has 23 heavy (non-hydrogen) atoms. The summed E-state index contributed by atoms with van der Waals surface area (Å²) in [6.07, 6.45) is -2.99. The van der Waals surface area contributed by atoms with E-state index in [2.05, 4.69) is 4.74 Å². The van der Waals surface area contributed by atoms with Crippen LogP contribution >= 0.6 is 0 Å². The average Bonchev–Trinajstić information content (AvgIpc) is 3.17. The van der Waals surface area contributed by atoms with Gasteiger partial charge in [0.05, 0.1) is 5.41 Å². The highest BCUT2D eigenvalue weighted by atomic mass is 19.4. The van der Waals surface area contributed by atoms with Gasteiger partial charge in [-0.2, -0.15) is 0 Å². The number of ether oxygens (including phenoxy) is 1. The molecule has 0 bridgehead atoms. The number of carbonyl (C=O) groups excluding carboxylic acids is 2. The highest BCUT2D eigenvalue weighted by Crippen LogP contribution is 2.51. The van der Waals surface area contributed by atoms with Crippen molar-refractivity contribution in [2.75, 3.05) is 6.54 Å². The van der Waals surface area contributed by atoms with E-state index in [-0.39, 0.29) is 11.7 Å². The van der Waals surface area contributed by atoms with Gasteiger partial charge in [0, 0.05) is 6.54 Å². The average molecular weight is 328 g/mol. The van der Waals surface area contributed by atoms with Crippen molar-refractivity contribution >= 4 is 11.8 Å². The zero-order valence-corrected chi connectivity index (χ0v) is 12.1. The molecule has 1 heterocycles. The molecule has 2 amide bonds. The molecule has 2 N–H and O–H groups in total. The summed E-state index contributed by atoms with van der Waals surface area (Å²) < 4.78 is 40.3. The number of rotatable bonds is 4. The zero-order chi connectivity index (χ0) is 16.8. The molecule has 124 valence electrons. The fourth-order valence-corrected chi connectivity index (χ4v) is 2.93. The molecule has 0 aromatic heterocycles. The van der Waals surface area contributed by atoms with Crippen molar-refractivity contribution in [3.8, 4) is 5.75 Å². The maximum absolute atomic E-state index is 12.6. The lowest BCUT2D eigenvalue weighted by Gasteiger charge is -2.41.